The van der Waals surface area contributed by atoms with E-state index in [1.807, 2.05) is 0 Å². The van der Waals surface area contributed by atoms with Crippen LogP contribution in [0.3, 0.4) is 0 Å². The minimum atomic E-state index is -0.155. The molecule has 1 aliphatic heterocycles. The van der Waals surface area contributed by atoms with Crippen LogP contribution in [-0.2, 0) is 10.7 Å². The van der Waals surface area contributed by atoms with Crippen molar-refractivity contribution in [3.8, 4) is 0 Å². The van der Waals surface area contributed by atoms with Gasteiger partial charge in [-0.1, -0.05) is 38.1 Å². The first-order valence-electron chi connectivity index (χ1n) is 5.89. The standard InChI is InChI=1S/C13H20N2S/c1-10(2)11-5-3-4-6-12(11)13-9-16(14)8-7-15-13/h3-6,10,13-15H,7-9H2,1-2H3. The van der Waals surface area contributed by atoms with E-state index in [-0.39, 0.29) is 10.7 Å². The van der Waals surface area contributed by atoms with Crippen LogP contribution in [-0.4, -0.2) is 18.1 Å². The first kappa shape index (κ1) is 11.8. The summed E-state index contributed by atoms with van der Waals surface area (Å²) in [7, 11) is -0.155. The Morgan fingerprint density at radius 1 is 1.38 bits per heavy atom. The monoisotopic (exact) mass is 236 g/mol. The lowest BCUT2D eigenvalue weighted by atomic mass is 9.93. The molecular formula is C13H20N2S. The Morgan fingerprint density at radius 3 is 2.81 bits per heavy atom. The van der Waals surface area contributed by atoms with Gasteiger partial charge in [0.15, 0.2) is 0 Å². The van der Waals surface area contributed by atoms with Crippen molar-refractivity contribution < 1.29 is 0 Å². The van der Waals surface area contributed by atoms with Gasteiger partial charge >= 0.3 is 0 Å². The minimum Gasteiger partial charge on any atom is -0.308 e. The molecule has 1 fully saturated rings. The molecule has 1 saturated heterocycles. The van der Waals surface area contributed by atoms with Crippen LogP contribution in [0, 0.1) is 4.78 Å². The highest BCUT2D eigenvalue weighted by molar-refractivity contribution is 7.86. The summed E-state index contributed by atoms with van der Waals surface area (Å²) in [6, 6.07) is 9.06. The van der Waals surface area contributed by atoms with Gasteiger partial charge in [-0.25, -0.2) is 0 Å². The fraction of sp³-hybridized carbons (Fsp3) is 0.538. The van der Waals surface area contributed by atoms with Crippen molar-refractivity contribution in [2.24, 2.45) is 0 Å². The molecule has 2 atom stereocenters. The molecule has 0 saturated carbocycles. The van der Waals surface area contributed by atoms with Gasteiger partial charge in [0.2, 0.25) is 0 Å². The van der Waals surface area contributed by atoms with Crippen LogP contribution >= 0.6 is 0 Å². The highest BCUT2D eigenvalue weighted by Crippen LogP contribution is 2.26. The molecule has 2 unspecified atom stereocenters. The SMILES string of the molecule is CC(C)c1ccccc1C1CS(=N)CCN1. The second kappa shape index (κ2) is 5.11. The molecule has 88 valence electrons. The molecule has 2 nitrogen and oxygen atoms in total. The smallest absolute Gasteiger partial charge is 0.0424 e. The molecule has 3 heteroatoms. The molecule has 0 amide bonds. The van der Waals surface area contributed by atoms with E-state index in [9.17, 15) is 0 Å². The zero-order valence-corrected chi connectivity index (χ0v) is 10.8. The van der Waals surface area contributed by atoms with Crippen LogP contribution in [0.5, 0.6) is 0 Å². The van der Waals surface area contributed by atoms with Gasteiger partial charge in [0.1, 0.15) is 0 Å². The molecule has 1 aliphatic rings. The van der Waals surface area contributed by atoms with Gasteiger partial charge in [0.25, 0.3) is 0 Å². The maximum atomic E-state index is 7.92. The van der Waals surface area contributed by atoms with Crippen molar-refractivity contribution in [3.05, 3.63) is 35.4 Å². The first-order chi connectivity index (χ1) is 7.68. The third kappa shape index (κ3) is 2.53. The third-order valence-corrected chi connectivity index (χ3v) is 4.53. The lowest BCUT2D eigenvalue weighted by Gasteiger charge is -2.28. The number of hydrogen-bond acceptors (Lipinski definition) is 2. The normalized spacial score (nSPS) is 25.9. The Morgan fingerprint density at radius 2 is 2.12 bits per heavy atom. The van der Waals surface area contributed by atoms with Crippen molar-refractivity contribution in [2.45, 2.75) is 25.8 Å². The molecule has 2 rings (SSSR count). The minimum absolute atomic E-state index is 0.155. The highest BCUT2D eigenvalue weighted by atomic mass is 32.2. The van der Waals surface area contributed by atoms with E-state index in [1.165, 1.54) is 11.1 Å². The Hall–Kier alpha value is -0.670. The van der Waals surface area contributed by atoms with Gasteiger partial charge in [-0.2, -0.15) is 0 Å². The maximum absolute atomic E-state index is 7.92. The van der Waals surface area contributed by atoms with Crippen molar-refractivity contribution in [1.29, 1.82) is 4.78 Å². The molecule has 2 N–H and O–H groups in total. The van der Waals surface area contributed by atoms with E-state index >= 15 is 0 Å². The van der Waals surface area contributed by atoms with E-state index < -0.39 is 0 Å². The molecule has 0 radical (unpaired) electrons. The Labute approximate surface area is 100 Å². The van der Waals surface area contributed by atoms with E-state index in [0.717, 1.165) is 18.1 Å². The van der Waals surface area contributed by atoms with Crippen LogP contribution in [0.1, 0.15) is 36.9 Å². The molecule has 1 aromatic carbocycles. The quantitative estimate of drug-likeness (QED) is 0.814. The first-order valence-corrected chi connectivity index (χ1v) is 7.45. The predicted octanol–water partition coefficient (Wildman–Crippen LogP) is 2.83. The van der Waals surface area contributed by atoms with Gasteiger partial charge < -0.3 is 5.32 Å². The van der Waals surface area contributed by atoms with Crippen molar-refractivity contribution in [2.75, 3.05) is 18.1 Å². The Bertz CT molecular complexity index is 387. The second-order valence-corrected chi connectivity index (χ2v) is 6.38. The predicted molar refractivity (Wildman–Crippen MR) is 71.1 cm³/mol. The molecule has 0 bridgehead atoms. The summed E-state index contributed by atoms with van der Waals surface area (Å²) in [5.74, 6) is 2.55. The molecule has 0 aromatic heterocycles. The van der Waals surface area contributed by atoms with Crippen molar-refractivity contribution >= 4 is 10.7 Å². The van der Waals surface area contributed by atoms with Crippen LogP contribution < -0.4 is 5.32 Å². The van der Waals surface area contributed by atoms with Crippen LogP contribution in [0.2, 0.25) is 0 Å². The fourth-order valence-corrected chi connectivity index (χ4v) is 3.48. The van der Waals surface area contributed by atoms with Crippen LogP contribution in [0.15, 0.2) is 24.3 Å². The Balaban J connectivity index is 2.28. The third-order valence-electron chi connectivity index (χ3n) is 3.10. The molecule has 0 aliphatic carbocycles. The number of nitrogens with one attached hydrogen (secondary N) is 2. The highest BCUT2D eigenvalue weighted by Gasteiger charge is 2.20. The van der Waals surface area contributed by atoms with Gasteiger partial charge in [-0.3, -0.25) is 4.78 Å². The zero-order valence-electron chi connectivity index (χ0n) is 9.99. The zero-order chi connectivity index (χ0) is 11.5. The average molecular weight is 236 g/mol. The average Bonchev–Trinajstić information content (AvgIpc) is 2.29. The summed E-state index contributed by atoms with van der Waals surface area (Å²) >= 11 is 0. The molecule has 1 aromatic rings. The summed E-state index contributed by atoms with van der Waals surface area (Å²) in [4.78, 5) is 0. The summed E-state index contributed by atoms with van der Waals surface area (Å²) in [6.45, 7) is 5.47. The van der Waals surface area contributed by atoms with Gasteiger partial charge in [0.05, 0.1) is 0 Å². The largest absolute Gasteiger partial charge is 0.308 e. The fourth-order valence-electron chi connectivity index (χ4n) is 2.25. The topological polar surface area (TPSA) is 35.9 Å². The molecule has 1 heterocycles. The van der Waals surface area contributed by atoms with Gasteiger partial charge in [-0.05, 0) is 17.0 Å². The van der Waals surface area contributed by atoms with Crippen LogP contribution in [0.25, 0.3) is 0 Å². The molecule has 0 spiro atoms. The number of benzene rings is 1. The van der Waals surface area contributed by atoms with Crippen molar-refractivity contribution in [3.63, 3.8) is 0 Å². The number of rotatable bonds is 2. The van der Waals surface area contributed by atoms with Crippen LogP contribution in [0.4, 0.5) is 0 Å². The summed E-state index contributed by atoms with van der Waals surface area (Å²) in [6.07, 6.45) is 0. The van der Waals surface area contributed by atoms with E-state index in [0.29, 0.717) is 12.0 Å². The summed E-state index contributed by atoms with van der Waals surface area (Å²) in [5, 5.41) is 3.55. The lowest BCUT2D eigenvalue weighted by Crippen LogP contribution is -2.36. The van der Waals surface area contributed by atoms with Crippen molar-refractivity contribution in [1.82, 2.24) is 5.32 Å². The molecule has 16 heavy (non-hydrogen) atoms. The van der Waals surface area contributed by atoms with E-state index in [4.69, 9.17) is 4.78 Å². The summed E-state index contributed by atoms with van der Waals surface area (Å²) in [5.41, 5.74) is 2.83. The second-order valence-electron chi connectivity index (χ2n) is 4.65. The molecular weight excluding hydrogens is 216 g/mol. The van der Waals surface area contributed by atoms with E-state index in [2.05, 4.69) is 43.4 Å². The van der Waals surface area contributed by atoms with Gasteiger partial charge in [-0.15, -0.1) is 10.7 Å². The lowest BCUT2D eigenvalue weighted by molar-refractivity contribution is 0.582. The Kier molecular flexibility index (Phi) is 3.77. The number of hydrogen-bond donors (Lipinski definition) is 2. The summed E-state index contributed by atoms with van der Waals surface area (Å²) < 4.78 is 7.92. The maximum Gasteiger partial charge on any atom is 0.0424 e. The van der Waals surface area contributed by atoms with Gasteiger partial charge in [0, 0.05) is 24.1 Å². The van der Waals surface area contributed by atoms with E-state index in [1.54, 1.807) is 0 Å².